The lowest BCUT2D eigenvalue weighted by atomic mass is 9.82. The number of aliphatic hydroxyl groups is 1. The van der Waals surface area contributed by atoms with Gasteiger partial charge in [0, 0.05) is 37.0 Å². The van der Waals surface area contributed by atoms with E-state index in [1.165, 1.54) is 24.4 Å². The van der Waals surface area contributed by atoms with Gasteiger partial charge in [-0.05, 0) is 49.2 Å². The SMILES string of the molecule is NC(=O)c1cccc(S(=O)(=O)c2ccc(NCC3(O)CCC(F)(F)CC3)c([N+](=O)[O-])c2)c1Oc1cnc2[nH]ccc2c1. The number of aromatic nitrogens is 2. The van der Waals surface area contributed by atoms with Crippen molar-refractivity contribution in [3.63, 3.8) is 0 Å². The number of benzene rings is 2. The Bertz CT molecular complexity index is 1800. The summed E-state index contributed by atoms with van der Waals surface area (Å²) in [7, 11) is -4.53. The minimum Gasteiger partial charge on any atom is -0.453 e. The van der Waals surface area contributed by atoms with Crippen LogP contribution in [-0.4, -0.2) is 52.4 Å². The van der Waals surface area contributed by atoms with Gasteiger partial charge in [0.05, 0.1) is 27.2 Å². The molecule has 12 nitrogen and oxygen atoms in total. The molecule has 0 radical (unpaired) electrons. The van der Waals surface area contributed by atoms with Crippen molar-refractivity contribution in [1.29, 1.82) is 0 Å². The van der Waals surface area contributed by atoms with E-state index in [1.54, 1.807) is 18.3 Å². The molecule has 1 amide bonds. The highest BCUT2D eigenvalue weighted by atomic mass is 32.2. The Morgan fingerprint density at radius 1 is 1.17 bits per heavy atom. The topological polar surface area (TPSA) is 191 Å². The van der Waals surface area contributed by atoms with E-state index >= 15 is 0 Å². The molecule has 5 N–H and O–H groups in total. The number of pyridine rings is 1. The van der Waals surface area contributed by atoms with Crippen LogP contribution in [0.3, 0.4) is 0 Å². The molecule has 1 aliphatic carbocycles. The van der Waals surface area contributed by atoms with Crippen LogP contribution in [0, 0.1) is 10.1 Å². The maximum Gasteiger partial charge on any atom is 0.293 e. The zero-order valence-electron chi connectivity index (χ0n) is 21.8. The number of carbonyl (C=O) groups is 1. The molecule has 0 spiro atoms. The summed E-state index contributed by atoms with van der Waals surface area (Å²) in [6.07, 6.45) is 1.51. The number of aromatic amines is 1. The summed E-state index contributed by atoms with van der Waals surface area (Å²) in [6, 6.07) is 10.1. The van der Waals surface area contributed by atoms with Crippen LogP contribution in [0.1, 0.15) is 36.0 Å². The number of nitrogens with two attached hydrogens (primary N) is 1. The molecule has 2 heterocycles. The molecule has 1 aliphatic rings. The van der Waals surface area contributed by atoms with Crippen LogP contribution in [0.15, 0.2) is 70.7 Å². The molecule has 2 aromatic heterocycles. The van der Waals surface area contributed by atoms with Gasteiger partial charge in [-0.3, -0.25) is 14.9 Å². The molecule has 2 aromatic carbocycles. The highest BCUT2D eigenvalue weighted by molar-refractivity contribution is 7.91. The van der Waals surface area contributed by atoms with E-state index in [9.17, 15) is 37.2 Å². The number of ether oxygens (including phenoxy) is 1. The average molecular weight is 602 g/mol. The first-order valence-electron chi connectivity index (χ1n) is 12.7. The summed E-state index contributed by atoms with van der Waals surface area (Å²) in [5.74, 6) is -4.13. The van der Waals surface area contributed by atoms with Crippen molar-refractivity contribution in [2.24, 2.45) is 5.73 Å². The predicted molar refractivity (Wildman–Crippen MR) is 147 cm³/mol. The first kappa shape index (κ1) is 28.9. The molecule has 1 fully saturated rings. The number of nitrogens with one attached hydrogen (secondary N) is 2. The lowest BCUT2D eigenvalue weighted by molar-refractivity contribution is -0.384. The number of nitro groups is 1. The summed E-state index contributed by atoms with van der Waals surface area (Å²) >= 11 is 0. The fourth-order valence-electron chi connectivity index (χ4n) is 4.74. The predicted octanol–water partition coefficient (Wildman–Crippen LogP) is 4.55. The number of nitro benzene ring substituents is 1. The smallest absolute Gasteiger partial charge is 0.293 e. The second kappa shape index (κ2) is 10.6. The van der Waals surface area contributed by atoms with Crippen LogP contribution in [0.2, 0.25) is 0 Å². The van der Waals surface area contributed by atoms with Gasteiger partial charge in [0.25, 0.3) is 11.6 Å². The highest BCUT2D eigenvalue weighted by Crippen LogP contribution is 2.40. The summed E-state index contributed by atoms with van der Waals surface area (Å²) < 4.78 is 60.5. The van der Waals surface area contributed by atoms with Crippen LogP contribution in [0.25, 0.3) is 11.0 Å². The van der Waals surface area contributed by atoms with Gasteiger partial charge >= 0.3 is 0 Å². The van der Waals surface area contributed by atoms with E-state index in [0.29, 0.717) is 11.0 Å². The summed E-state index contributed by atoms with van der Waals surface area (Å²) in [5.41, 5.74) is 3.55. The Morgan fingerprint density at radius 3 is 2.60 bits per heavy atom. The number of sulfone groups is 1. The van der Waals surface area contributed by atoms with Gasteiger partial charge in [0.2, 0.25) is 15.8 Å². The van der Waals surface area contributed by atoms with Gasteiger partial charge in [-0.2, -0.15) is 0 Å². The molecule has 42 heavy (non-hydrogen) atoms. The molecule has 0 unspecified atom stereocenters. The third kappa shape index (κ3) is 5.73. The number of para-hydroxylation sites is 1. The maximum absolute atomic E-state index is 13.8. The van der Waals surface area contributed by atoms with Gasteiger partial charge in [-0.25, -0.2) is 22.2 Å². The number of alkyl halides is 2. The average Bonchev–Trinajstić information content (AvgIpc) is 3.42. The molecule has 0 saturated heterocycles. The van der Waals surface area contributed by atoms with Gasteiger partial charge in [0.1, 0.15) is 22.0 Å². The molecule has 0 aliphatic heterocycles. The molecule has 0 bridgehead atoms. The van der Waals surface area contributed by atoms with Crippen LogP contribution < -0.4 is 15.8 Å². The zero-order chi connectivity index (χ0) is 30.3. The Hall–Kier alpha value is -4.63. The quantitative estimate of drug-likeness (QED) is 0.157. The second-order valence-electron chi connectivity index (χ2n) is 10.1. The van der Waals surface area contributed by atoms with Crippen molar-refractivity contribution in [2.45, 2.75) is 47.0 Å². The number of halogens is 2. The second-order valence-corrected chi connectivity index (χ2v) is 12.0. The van der Waals surface area contributed by atoms with Crippen LogP contribution in [-0.2, 0) is 9.84 Å². The normalized spacial score (nSPS) is 16.2. The lowest BCUT2D eigenvalue weighted by Crippen LogP contribution is -2.43. The summed E-state index contributed by atoms with van der Waals surface area (Å²) in [5, 5.41) is 25.9. The number of anilines is 1. The first-order valence-corrected chi connectivity index (χ1v) is 14.2. The monoisotopic (exact) mass is 601 g/mol. The molecule has 4 aromatic rings. The Kier molecular flexibility index (Phi) is 7.32. The third-order valence-electron chi connectivity index (χ3n) is 7.13. The Balaban J connectivity index is 1.49. The number of hydrogen-bond acceptors (Lipinski definition) is 9. The fourth-order valence-corrected chi connectivity index (χ4v) is 6.17. The van der Waals surface area contributed by atoms with Crippen molar-refractivity contribution in [3.8, 4) is 11.5 Å². The summed E-state index contributed by atoms with van der Waals surface area (Å²) in [6.45, 7) is -0.256. The maximum atomic E-state index is 13.8. The van der Waals surface area contributed by atoms with Gasteiger partial charge in [0.15, 0.2) is 5.75 Å². The van der Waals surface area contributed by atoms with E-state index < -0.39 is 60.5 Å². The number of rotatable bonds is 9. The number of H-pyrrole nitrogens is 1. The first-order chi connectivity index (χ1) is 19.8. The van der Waals surface area contributed by atoms with Crippen molar-refractivity contribution < 1.29 is 36.8 Å². The van der Waals surface area contributed by atoms with Crippen LogP contribution in [0.5, 0.6) is 11.5 Å². The van der Waals surface area contributed by atoms with Gasteiger partial charge < -0.3 is 25.9 Å². The van der Waals surface area contributed by atoms with Gasteiger partial charge in [-0.15, -0.1) is 0 Å². The lowest BCUT2D eigenvalue weighted by Gasteiger charge is -2.36. The molecular formula is C27H25F2N5O7S. The van der Waals surface area contributed by atoms with Gasteiger partial charge in [-0.1, -0.05) is 6.07 Å². The molecule has 1 saturated carbocycles. The van der Waals surface area contributed by atoms with Crippen molar-refractivity contribution in [2.75, 3.05) is 11.9 Å². The van der Waals surface area contributed by atoms with E-state index in [2.05, 4.69) is 15.3 Å². The third-order valence-corrected chi connectivity index (χ3v) is 8.90. The summed E-state index contributed by atoms with van der Waals surface area (Å²) in [4.78, 5) is 29.4. The number of hydrogen-bond donors (Lipinski definition) is 4. The van der Waals surface area contributed by atoms with Crippen LogP contribution >= 0.6 is 0 Å². The standard InChI is InChI=1S/C27H25F2N5O7S/c28-27(29)9-7-26(36,8-10-27)15-33-20-5-4-18(13-21(20)34(37)38)42(39,40)22-3-1-2-19(24(30)35)23(22)41-17-12-16-6-11-31-25(16)32-14-17/h1-6,11-14,33,36H,7-10,15H2,(H2,30,35)(H,31,32). The van der Waals surface area contributed by atoms with E-state index in [1.807, 2.05) is 0 Å². The minimum atomic E-state index is -4.53. The number of carbonyl (C=O) groups excluding carboxylic acids is 1. The van der Waals surface area contributed by atoms with Crippen LogP contribution in [0.4, 0.5) is 20.2 Å². The highest BCUT2D eigenvalue weighted by Gasteiger charge is 2.42. The molecule has 0 atom stereocenters. The number of nitrogens with zero attached hydrogens (tertiary/aromatic N) is 2. The van der Waals surface area contributed by atoms with E-state index in [-0.39, 0.29) is 42.1 Å². The Labute approximate surface area is 237 Å². The molecule has 15 heteroatoms. The largest absolute Gasteiger partial charge is 0.453 e. The molecule has 5 rings (SSSR count). The molecule has 220 valence electrons. The van der Waals surface area contributed by atoms with Crippen molar-refractivity contribution in [1.82, 2.24) is 9.97 Å². The number of amides is 1. The Morgan fingerprint density at radius 2 is 1.90 bits per heavy atom. The van der Waals surface area contributed by atoms with Crippen molar-refractivity contribution in [3.05, 3.63) is 76.6 Å². The minimum absolute atomic E-state index is 0.108. The zero-order valence-corrected chi connectivity index (χ0v) is 22.7. The van der Waals surface area contributed by atoms with E-state index in [0.717, 1.165) is 18.2 Å². The fraction of sp³-hybridized carbons (Fsp3) is 0.259. The number of primary amides is 1. The molecular weight excluding hydrogens is 576 g/mol. The van der Waals surface area contributed by atoms with Crippen molar-refractivity contribution >= 4 is 38.2 Å². The van der Waals surface area contributed by atoms with E-state index in [4.69, 9.17) is 10.5 Å². The number of fused-ring (bicyclic) bond motifs is 1.